The van der Waals surface area contributed by atoms with Crippen LogP contribution in [-0.4, -0.2) is 35.9 Å². The molecule has 1 atom stereocenters. The zero-order valence-corrected chi connectivity index (χ0v) is 16.6. The van der Waals surface area contributed by atoms with Gasteiger partial charge in [-0.15, -0.1) is 0 Å². The Kier molecular flexibility index (Phi) is 6.69. The molecule has 1 heterocycles. The molecule has 1 aliphatic heterocycles. The summed E-state index contributed by atoms with van der Waals surface area (Å²) < 4.78 is 5.81. The van der Waals surface area contributed by atoms with Crippen LogP contribution in [0.1, 0.15) is 32.3 Å². The summed E-state index contributed by atoms with van der Waals surface area (Å²) in [5, 5.41) is 2.71. The largest absolute Gasteiger partial charge is 0.481 e. The van der Waals surface area contributed by atoms with Gasteiger partial charge in [0.1, 0.15) is 5.75 Å². The van der Waals surface area contributed by atoms with Gasteiger partial charge >= 0.3 is 0 Å². The van der Waals surface area contributed by atoms with Gasteiger partial charge in [-0.05, 0) is 61.9 Å². The van der Waals surface area contributed by atoms with Crippen LogP contribution >= 0.6 is 0 Å². The second kappa shape index (κ2) is 9.40. The molecule has 28 heavy (non-hydrogen) atoms. The summed E-state index contributed by atoms with van der Waals surface area (Å²) in [5.41, 5.74) is 2.08. The first-order valence-corrected chi connectivity index (χ1v) is 9.88. The maximum absolute atomic E-state index is 12.7. The molecule has 1 saturated heterocycles. The van der Waals surface area contributed by atoms with Crippen LogP contribution in [0.2, 0.25) is 0 Å². The highest BCUT2D eigenvalue weighted by Gasteiger charge is 2.27. The topological polar surface area (TPSA) is 58.6 Å². The molecule has 1 unspecified atom stereocenters. The lowest BCUT2D eigenvalue weighted by atomic mass is 9.90. The van der Waals surface area contributed by atoms with Crippen molar-refractivity contribution in [3.8, 4) is 5.75 Å². The van der Waals surface area contributed by atoms with E-state index in [1.807, 2.05) is 11.0 Å². The predicted molar refractivity (Wildman–Crippen MR) is 110 cm³/mol. The van der Waals surface area contributed by atoms with Crippen LogP contribution < -0.4 is 10.1 Å². The standard InChI is InChI=1S/C23H28N2O3/c1-17(28-22-10-8-21(9-11-22)24-18(2)26)23(27)25-14-12-20(13-15-25)16-19-6-4-3-5-7-19/h3-11,17,20H,12-16H2,1-2H3,(H,24,26). The fourth-order valence-corrected chi connectivity index (χ4v) is 3.64. The Labute approximate surface area is 166 Å². The minimum atomic E-state index is -0.530. The summed E-state index contributed by atoms with van der Waals surface area (Å²) in [5.74, 6) is 1.16. The Morgan fingerprint density at radius 3 is 2.32 bits per heavy atom. The number of carbonyl (C=O) groups excluding carboxylic acids is 2. The normalized spacial score (nSPS) is 15.7. The monoisotopic (exact) mass is 380 g/mol. The smallest absolute Gasteiger partial charge is 0.263 e. The van der Waals surface area contributed by atoms with Crippen LogP contribution in [0.15, 0.2) is 54.6 Å². The van der Waals surface area contributed by atoms with Crippen LogP contribution in [0.4, 0.5) is 5.69 Å². The Hall–Kier alpha value is -2.82. The van der Waals surface area contributed by atoms with E-state index in [1.165, 1.54) is 12.5 Å². The third kappa shape index (κ3) is 5.59. The summed E-state index contributed by atoms with van der Waals surface area (Å²) in [4.78, 5) is 25.7. The second-order valence-corrected chi connectivity index (χ2v) is 7.42. The van der Waals surface area contributed by atoms with E-state index in [0.29, 0.717) is 17.4 Å². The summed E-state index contributed by atoms with van der Waals surface area (Å²) >= 11 is 0. The van der Waals surface area contributed by atoms with Crippen molar-refractivity contribution in [2.75, 3.05) is 18.4 Å². The highest BCUT2D eigenvalue weighted by atomic mass is 16.5. The van der Waals surface area contributed by atoms with Gasteiger partial charge in [0, 0.05) is 25.7 Å². The first kappa shape index (κ1) is 19.9. The number of hydrogen-bond acceptors (Lipinski definition) is 3. The minimum absolute atomic E-state index is 0.0316. The molecule has 1 aliphatic rings. The molecule has 0 spiro atoms. The number of benzene rings is 2. The molecule has 2 aromatic carbocycles. The first-order chi connectivity index (χ1) is 13.5. The van der Waals surface area contributed by atoms with Crippen LogP contribution in [-0.2, 0) is 16.0 Å². The van der Waals surface area contributed by atoms with Crippen LogP contribution in [0, 0.1) is 5.92 Å². The van der Waals surface area contributed by atoms with Crippen molar-refractivity contribution in [3.05, 3.63) is 60.2 Å². The molecular weight excluding hydrogens is 352 g/mol. The molecule has 2 aromatic rings. The Morgan fingerprint density at radius 2 is 1.71 bits per heavy atom. The Bertz CT molecular complexity index is 781. The molecule has 5 heteroatoms. The summed E-state index contributed by atoms with van der Waals surface area (Å²) in [6.45, 7) is 4.82. The molecule has 5 nitrogen and oxygen atoms in total. The number of amides is 2. The van der Waals surface area contributed by atoms with E-state index in [4.69, 9.17) is 4.74 Å². The molecule has 148 valence electrons. The number of hydrogen-bond donors (Lipinski definition) is 1. The van der Waals surface area contributed by atoms with Crippen molar-refractivity contribution in [2.24, 2.45) is 5.92 Å². The number of likely N-dealkylation sites (tertiary alicyclic amines) is 1. The van der Waals surface area contributed by atoms with Gasteiger partial charge in [-0.2, -0.15) is 0 Å². The maximum Gasteiger partial charge on any atom is 0.263 e. The number of ether oxygens (including phenoxy) is 1. The first-order valence-electron chi connectivity index (χ1n) is 9.88. The molecule has 3 rings (SSSR count). The van der Waals surface area contributed by atoms with E-state index in [-0.39, 0.29) is 11.8 Å². The van der Waals surface area contributed by atoms with Crippen LogP contribution in [0.25, 0.3) is 0 Å². The predicted octanol–water partition coefficient (Wildman–Crippen LogP) is 3.89. The quantitative estimate of drug-likeness (QED) is 0.827. The molecular formula is C23H28N2O3. The van der Waals surface area contributed by atoms with E-state index in [9.17, 15) is 9.59 Å². The summed E-state index contributed by atoms with van der Waals surface area (Å²) in [6, 6.07) is 17.6. The van der Waals surface area contributed by atoms with E-state index in [0.717, 1.165) is 32.4 Å². The third-order valence-corrected chi connectivity index (χ3v) is 5.13. The van der Waals surface area contributed by atoms with Crippen LogP contribution in [0.5, 0.6) is 5.75 Å². The van der Waals surface area contributed by atoms with Gasteiger partial charge < -0.3 is 15.0 Å². The molecule has 0 saturated carbocycles. The number of rotatable bonds is 6. The van der Waals surface area contributed by atoms with Gasteiger partial charge in [0.2, 0.25) is 5.91 Å². The van der Waals surface area contributed by atoms with E-state index in [1.54, 1.807) is 31.2 Å². The average Bonchev–Trinajstić information content (AvgIpc) is 2.70. The van der Waals surface area contributed by atoms with Gasteiger partial charge in [-0.3, -0.25) is 9.59 Å². The molecule has 0 bridgehead atoms. The number of piperidine rings is 1. The molecule has 1 fully saturated rings. The highest BCUT2D eigenvalue weighted by Crippen LogP contribution is 2.23. The van der Waals surface area contributed by atoms with Crippen molar-refractivity contribution in [2.45, 2.75) is 39.2 Å². The number of nitrogens with one attached hydrogen (secondary N) is 1. The number of anilines is 1. The Morgan fingerprint density at radius 1 is 1.07 bits per heavy atom. The zero-order valence-electron chi connectivity index (χ0n) is 16.6. The van der Waals surface area contributed by atoms with Gasteiger partial charge in [0.25, 0.3) is 5.91 Å². The second-order valence-electron chi connectivity index (χ2n) is 7.42. The van der Waals surface area contributed by atoms with Crippen molar-refractivity contribution in [1.82, 2.24) is 4.90 Å². The van der Waals surface area contributed by atoms with Gasteiger partial charge in [0.15, 0.2) is 6.10 Å². The summed E-state index contributed by atoms with van der Waals surface area (Å²) in [7, 11) is 0. The zero-order chi connectivity index (χ0) is 19.9. The van der Waals surface area contributed by atoms with Gasteiger partial charge in [-0.25, -0.2) is 0 Å². The lowest BCUT2D eigenvalue weighted by Gasteiger charge is -2.33. The van der Waals surface area contributed by atoms with Gasteiger partial charge in [-0.1, -0.05) is 30.3 Å². The van der Waals surface area contributed by atoms with Gasteiger partial charge in [0.05, 0.1) is 0 Å². The minimum Gasteiger partial charge on any atom is -0.481 e. The molecule has 0 radical (unpaired) electrons. The third-order valence-electron chi connectivity index (χ3n) is 5.13. The van der Waals surface area contributed by atoms with Crippen molar-refractivity contribution >= 4 is 17.5 Å². The highest BCUT2D eigenvalue weighted by molar-refractivity contribution is 5.88. The lowest BCUT2D eigenvalue weighted by molar-refractivity contribution is -0.139. The average molecular weight is 380 g/mol. The van der Waals surface area contributed by atoms with Crippen LogP contribution in [0.3, 0.4) is 0 Å². The van der Waals surface area contributed by atoms with Crippen molar-refractivity contribution in [3.63, 3.8) is 0 Å². The van der Waals surface area contributed by atoms with E-state index in [2.05, 4.69) is 29.6 Å². The van der Waals surface area contributed by atoms with E-state index >= 15 is 0 Å². The fourth-order valence-electron chi connectivity index (χ4n) is 3.64. The van der Waals surface area contributed by atoms with Crippen molar-refractivity contribution in [1.29, 1.82) is 0 Å². The number of carbonyl (C=O) groups is 2. The molecule has 2 amide bonds. The maximum atomic E-state index is 12.7. The SMILES string of the molecule is CC(=O)Nc1ccc(OC(C)C(=O)N2CCC(Cc3ccccc3)CC2)cc1. The van der Waals surface area contributed by atoms with E-state index < -0.39 is 6.10 Å². The fraction of sp³-hybridized carbons (Fsp3) is 0.391. The summed E-state index contributed by atoms with van der Waals surface area (Å²) in [6.07, 6.45) is 2.60. The number of nitrogens with zero attached hydrogens (tertiary/aromatic N) is 1. The lowest BCUT2D eigenvalue weighted by Crippen LogP contribution is -2.45. The molecule has 1 N–H and O–H groups in total. The molecule has 0 aromatic heterocycles. The Balaban J connectivity index is 1.47. The van der Waals surface area contributed by atoms with Crippen molar-refractivity contribution < 1.29 is 14.3 Å². The molecule has 0 aliphatic carbocycles.